The molecular weight excluding hydrogens is 412 g/mol. The number of aromatic nitrogens is 2. The highest BCUT2D eigenvalue weighted by Crippen LogP contribution is 2.39. The highest BCUT2D eigenvalue weighted by Gasteiger charge is 2.32. The summed E-state index contributed by atoms with van der Waals surface area (Å²) < 4.78 is 12.8. The number of morpholine rings is 2. The summed E-state index contributed by atoms with van der Waals surface area (Å²) >= 11 is 1.56. The number of rotatable bonds is 3. The van der Waals surface area contributed by atoms with Crippen LogP contribution in [0.4, 0.5) is 5.95 Å². The van der Waals surface area contributed by atoms with Crippen LogP contribution in [0.5, 0.6) is 0 Å². The number of amides is 1. The molecule has 0 radical (unpaired) electrons. The Morgan fingerprint density at radius 1 is 1.06 bits per heavy atom. The summed E-state index contributed by atoms with van der Waals surface area (Å²) in [5.74, 6) is 0.800. The van der Waals surface area contributed by atoms with Crippen molar-refractivity contribution in [3.8, 4) is 0 Å². The van der Waals surface area contributed by atoms with Gasteiger partial charge in [0.2, 0.25) is 5.95 Å². The van der Waals surface area contributed by atoms with Gasteiger partial charge in [-0.3, -0.25) is 4.79 Å². The number of benzene rings is 1. The average Bonchev–Trinajstić information content (AvgIpc) is 3.18. The summed E-state index contributed by atoms with van der Waals surface area (Å²) in [5.41, 5.74) is 2.90. The van der Waals surface area contributed by atoms with Crippen molar-refractivity contribution in [1.82, 2.24) is 14.9 Å². The lowest BCUT2D eigenvalue weighted by Gasteiger charge is -2.34. The van der Waals surface area contributed by atoms with Gasteiger partial charge in [-0.1, -0.05) is 18.2 Å². The van der Waals surface area contributed by atoms with Gasteiger partial charge in [-0.2, -0.15) is 0 Å². The lowest BCUT2D eigenvalue weighted by atomic mass is 10.0. The molecule has 0 saturated carbocycles. The van der Waals surface area contributed by atoms with Crippen LogP contribution in [0.1, 0.15) is 32.7 Å². The predicted octanol–water partition coefficient (Wildman–Crippen LogP) is 3.36. The third-order valence-electron chi connectivity index (χ3n) is 5.77. The molecule has 5 rings (SSSR count). The predicted molar refractivity (Wildman–Crippen MR) is 121 cm³/mol. The van der Waals surface area contributed by atoms with E-state index in [9.17, 15) is 4.79 Å². The number of anilines is 1. The Morgan fingerprint density at radius 2 is 1.81 bits per heavy atom. The molecule has 2 aliphatic rings. The molecule has 2 aromatic heterocycles. The van der Waals surface area contributed by atoms with E-state index in [0.717, 1.165) is 44.4 Å². The van der Waals surface area contributed by atoms with E-state index in [1.54, 1.807) is 11.3 Å². The third kappa shape index (κ3) is 4.03. The minimum absolute atomic E-state index is 0.0721. The highest BCUT2D eigenvalue weighted by atomic mass is 32.1. The van der Waals surface area contributed by atoms with Crippen molar-refractivity contribution >= 4 is 33.3 Å². The molecule has 2 aliphatic heterocycles. The third-order valence-corrected chi connectivity index (χ3v) is 6.94. The molecule has 0 unspecified atom stereocenters. The first-order chi connectivity index (χ1) is 15.1. The first kappa shape index (κ1) is 20.4. The molecule has 0 aliphatic carbocycles. The molecule has 0 bridgehead atoms. The molecule has 4 heterocycles. The lowest BCUT2D eigenvalue weighted by molar-refractivity contribution is 0.0280. The molecule has 2 fully saturated rings. The monoisotopic (exact) mass is 438 g/mol. The molecule has 0 N–H and O–H groups in total. The summed E-state index contributed by atoms with van der Waals surface area (Å²) in [6.45, 7) is 8.31. The zero-order valence-electron chi connectivity index (χ0n) is 17.8. The Balaban J connectivity index is 1.51. The maximum Gasteiger partial charge on any atom is 0.264 e. The maximum absolute atomic E-state index is 13.5. The Bertz CT molecular complexity index is 1090. The van der Waals surface area contributed by atoms with E-state index >= 15 is 0 Å². The summed E-state index contributed by atoms with van der Waals surface area (Å²) in [6, 6.07) is 10.2. The zero-order valence-corrected chi connectivity index (χ0v) is 18.7. The Morgan fingerprint density at radius 3 is 2.58 bits per heavy atom. The molecule has 162 valence electrons. The van der Waals surface area contributed by atoms with Crippen molar-refractivity contribution in [2.45, 2.75) is 20.0 Å². The van der Waals surface area contributed by atoms with E-state index in [0.29, 0.717) is 39.5 Å². The van der Waals surface area contributed by atoms with Crippen LogP contribution in [0.3, 0.4) is 0 Å². The first-order valence-electron chi connectivity index (χ1n) is 10.7. The molecular formula is C23H26N4O3S. The average molecular weight is 439 g/mol. The molecule has 7 nitrogen and oxygen atoms in total. The van der Waals surface area contributed by atoms with E-state index in [1.165, 1.54) is 0 Å². The molecule has 3 aromatic rings. The fraction of sp³-hybridized carbons (Fsp3) is 0.435. The second kappa shape index (κ2) is 8.53. The van der Waals surface area contributed by atoms with Crippen molar-refractivity contribution in [2.24, 2.45) is 0 Å². The van der Waals surface area contributed by atoms with Crippen LogP contribution in [0.15, 0.2) is 30.3 Å². The summed E-state index contributed by atoms with van der Waals surface area (Å²) in [4.78, 5) is 27.6. The van der Waals surface area contributed by atoms with Crippen LogP contribution in [-0.4, -0.2) is 66.8 Å². The lowest BCUT2D eigenvalue weighted by Crippen LogP contribution is -2.42. The van der Waals surface area contributed by atoms with Gasteiger partial charge in [0.05, 0.1) is 31.2 Å². The second-order valence-corrected chi connectivity index (χ2v) is 9.05. The van der Waals surface area contributed by atoms with Crippen LogP contribution in [0, 0.1) is 13.8 Å². The quantitative estimate of drug-likeness (QED) is 0.625. The Kier molecular flexibility index (Phi) is 5.60. The first-order valence-corrected chi connectivity index (χ1v) is 11.5. The van der Waals surface area contributed by atoms with Gasteiger partial charge in [0.15, 0.2) is 0 Å². The van der Waals surface area contributed by atoms with E-state index in [1.807, 2.05) is 36.9 Å². The zero-order chi connectivity index (χ0) is 21.4. The fourth-order valence-electron chi connectivity index (χ4n) is 4.31. The van der Waals surface area contributed by atoms with Crippen LogP contribution in [0.25, 0.3) is 10.1 Å². The van der Waals surface area contributed by atoms with Gasteiger partial charge in [0, 0.05) is 41.3 Å². The van der Waals surface area contributed by atoms with E-state index in [-0.39, 0.29) is 12.0 Å². The number of hydrogen-bond donors (Lipinski definition) is 0. The fourth-order valence-corrected chi connectivity index (χ4v) is 5.53. The SMILES string of the molecule is Cc1cc(C)nc(N2CCO[C@H](c3c(C(=O)N4CCOCC4)sc4ccccc34)C2)n1. The number of carbonyl (C=O) groups is 1. The second-order valence-electron chi connectivity index (χ2n) is 8.00. The van der Waals surface area contributed by atoms with E-state index < -0.39 is 0 Å². The summed E-state index contributed by atoms with van der Waals surface area (Å²) in [5, 5.41) is 1.09. The smallest absolute Gasteiger partial charge is 0.264 e. The van der Waals surface area contributed by atoms with Crippen molar-refractivity contribution in [2.75, 3.05) is 50.9 Å². The molecule has 1 atom stereocenters. The normalized spacial score (nSPS) is 19.7. The van der Waals surface area contributed by atoms with Crippen LogP contribution < -0.4 is 4.90 Å². The standard InChI is InChI=1S/C23H26N4O3S/c1-15-13-16(2)25-23(24-15)27-9-12-30-18(14-27)20-17-5-3-4-6-19(17)31-21(20)22(28)26-7-10-29-11-8-26/h3-6,13,18H,7-12,14H2,1-2H3/t18-/m0/s1. The molecule has 31 heavy (non-hydrogen) atoms. The van der Waals surface area contributed by atoms with Gasteiger partial charge >= 0.3 is 0 Å². The number of fused-ring (bicyclic) bond motifs is 1. The topological polar surface area (TPSA) is 67.8 Å². The molecule has 8 heteroatoms. The molecule has 0 spiro atoms. The van der Waals surface area contributed by atoms with E-state index in [2.05, 4.69) is 27.0 Å². The number of aryl methyl sites for hydroxylation is 2. The van der Waals surface area contributed by atoms with Crippen molar-refractivity contribution in [3.05, 3.63) is 52.2 Å². The van der Waals surface area contributed by atoms with Gasteiger partial charge in [0.25, 0.3) is 5.91 Å². The van der Waals surface area contributed by atoms with E-state index in [4.69, 9.17) is 9.47 Å². The van der Waals surface area contributed by atoms with Gasteiger partial charge in [-0.25, -0.2) is 9.97 Å². The van der Waals surface area contributed by atoms with Gasteiger partial charge in [-0.15, -0.1) is 11.3 Å². The number of hydrogen-bond acceptors (Lipinski definition) is 7. The summed E-state index contributed by atoms with van der Waals surface area (Å²) in [6.07, 6.45) is -0.214. The number of nitrogens with zero attached hydrogens (tertiary/aromatic N) is 4. The van der Waals surface area contributed by atoms with Crippen molar-refractivity contribution in [1.29, 1.82) is 0 Å². The number of thiophene rings is 1. The van der Waals surface area contributed by atoms with Gasteiger partial charge in [0.1, 0.15) is 6.10 Å². The van der Waals surface area contributed by atoms with Gasteiger partial charge < -0.3 is 19.3 Å². The highest BCUT2D eigenvalue weighted by molar-refractivity contribution is 7.21. The minimum atomic E-state index is -0.214. The minimum Gasteiger partial charge on any atom is -0.378 e. The van der Waals surface area contributed by atoms with Crippen LogP contribution >= 0.6 is 11.3 Å². The molecule has 2 saturated heterocycles. The van der Waals surface area contributed by atoms with Gasteiger partial charge in [-0.05, 0) is 31.4 Å². The summed E-state index contributed by atoms with van der Waals surface area (Å²) in [7, 11) is 0. The van der Waals surface area contributed by atoms with Crippen molar-refractivity contribution < 1.29 is 14.3 Å². The Hall–Kier alpha value is -2.55. The Labute approximate surface area is 185 Å². The maximum atomic E-state index is 13.5. The van der Waals surface area contributed by atoms with Crippen molar-refractivity contribution in [3.63, 3.8) is 0 Å². The largest absolute Gasteiger partial charge is 0.378 e. The number of ether oxygens (including phenoxy) is 2. The van der Waals surface area contributed by atoms with Crippen LogP contribution in [0.2, 0.25) is 0 Å². The molecule has 1 amide bonds. The number of carbonyl (C=O) groups excluding carboxylic acids is 1. The van der Waals surface area contributed by atoms with Crippen LogP contribution in [-0.2, 0) is 9.47 Å². The molecule has 1 aromatic carbocycles.